The maximum absolute atomic E-state index is 11.4. The number of esters is 1. The van der Waals surface area contributed by atoms with E-state index in [1.165, 1.54) is 7.11 Å². The number of aromatic nitrogens is 1. The molecular formula is C12H20N4O2. The van der Waals surface area contributed by atoms with Crippen LogP contribution in [-0.2, 0) is 4.74 Å². The predicted octanol–water partition coefficient (Wildman–Crippen LogP) is 0.448. The Balaban J connectivity index is 2.89. The molecule has 0 spiro atoms. The maximum Gasteiger partial charge on any atom is 0.356 e. The first kappa shape index (κ1) is 14.2. The van der Waals surface area contributed by atoms with Gasteiger partial charge in [-0.15, -0.1) is 0 Å². The molecular weight excluding hydrogens is 232 g/mol. The molecule has 0 fully saturated rings. The molecule has 0 atom stereocenters. The van der Waals surface area contributed by atoms with E-state index in [-0.39, 0.29) is 5.69 Å². The maximum atomic E-state index is 11.4. The van der Waals surface area contributed by atoms with Gasteiger partial charge in [-0.1, -0.05) is 0 Å². The molecule has 0 amide bonds. The number of hydrogen-bond acceptors (Lipinski definition) is 6. The largest absolute Gasteiger partial charge is 0.464 e. The zero-order chi connectivity index (χ0) is 13.7. The molecule has 0 aromatic carbocycles. The highest BCUT2D eigenvalue weighted by Gasteiger charge is 2.13. The lowest BCUT2D eigenvalue weighted by Gasteiger charge is -2.22. The van der Waals surface area contributed by atoms with Crippen LogP contribution in [-0.4, -0.2) is 57.2 Å². The number of rotatable bonds is 5. The SMILES string of the molecule is COC(=O)c1ccc(N)c(N(C)CCN(C)C)n1. The van der Waals surface area contributed by atoms with Gasteiger partial charge in [-0.3, -0.25) is 0 Å². The predicted molar refractivity (Wildman–Crippen MR) is 71.8 cm³/mol. The summed E-state index contributed by atoms with van der Waals surface area (Å²) in [7, 11) is 7.21. The molecule has 6 nitrogen and oxygen atoms in total. The Morgan fingerprint density at radius 1 is 1.33 bits per heavy atom. The Labute approximate surface area is 107 Å². The number of nitrogens with two attached hydrogens (primary N) is 1. The third-order valence-electron chi connectivity index (χ3n) is 2.54. The summed E-state index contributed by atoms with van der Waals surface area (Å²) in [6.45, 7) is 1.65. The molecule has 0 aliphatic rings. The number of pyridine rings is 1. The lowest BCUT2D eigenvalue weighted by Crippen LogP contribution is -2.30. The molecule has 0 saturated heterocycles. The van der Waals surface area contributed by atoms with Crippen molar-refractivity contribution in [1.29, 1.82) is 0 Å². The van der Waals surface area contributed by atoms with Gasteiger partial charge >= 0.3 is 5.97 Å². The number of likely N-dealkylation sites (N-methyl/N-ethyl adjacent to an activating group) is 2. The van der Waals surface area contributed by atoms with E-state index in [9.17, 15) is 4.79 Å². The minimum Gasteiger partial charge on any atom is -0.464 e. The summed E-state index contributed by atoms with van der Waals surface area (Å²) in [5, 5.41) is 0. The first-order valence-corrected chi connectivity index (χ1v) is 5.66. The highest BCUT2D eigenvalue weighted by Crippen LogP contribution is 2.19. The van der Waals surface area contributed by atoms with Crippen LogP contribution in [0.1, 0.15) is 10.5 Å². The molecule has 0 unspecified atom stereocenters. The highest BCUT2D eigenvalue weighted by molar-refractivity contribution is 5.88. The molecule has 0 aliphatic carbocycles. The van der Waals surface area contributed by atoms with Crippen molar-refractivity contribution >= 4 is 17.5 Å². The van der Waals surface area contributed by atoms with Crippen LogP contribution < -0.4 is 10.6 Å². The number of carbonyl (C=O) groups is 1. The van der Waals surface area contributed by atoms with Gasteiger partial charge in [0, 0.05) is 20.1 Å². The van der Waals surface area contributed by atoms with Gasteiger partial charge in [-0.05, 0) is 26.2 Å². The second-order valence-electron chi connectivity index (χ2n) is 4.33. The monoisotopic (exact) mass is 252 g/mol. The van der Waals surface area contributed by atoms with Crippen molar-refractivity contribution in [2.75, 3.05) is 52.0 Å². The molecule has 1 rings (SSSR count). The number of hydrogen-bond donors (Lipinski definition) is 1. The van der Waals surface area contributed by atoms with E-state index < -0.39 is 5.97 Å². The molecule has 6 heteroatoms. The van der Waals surface area contributed by atoms with Gasteiger partial charge in [0.25, 0.3) is 0 Å². The third kappa shape index (κ3) is 3.59. The molecule has 0 bridgehead atoms. The summed E-state index contributed by atoms with van der Waals surface area (Å²) in [5.74, 6) is 0.136. The van der Waals surface area contributed by atoms with Crippen molar-refractivity contribution in [2.24, 2.45) is 0 Å². The summed E-state index contributed by atoms with van der Waals surface area (Å²) in [4.78, 5) is 19.6. The van der Waals surface area contributed by atoms with Crippen molar-refractivity contribution in [1.82, 2.24) is 9.88 Å². The van der Waals surface area contributed by atoms with Crippen molar-refractivity contribution in [3.63, 3.8) is 0 Å². The number of anilines is 2. The van der Waals surface area contributed by atoms with Crippen molar-refractivity contribution in [3.8, 4) is 0 Å². The van der Waals surface area contributed by atoms with Crippen LogP contribution in [0.2, 0.25) is 0 Å². The van der Waals surface area contributed by atoms with E-state index in [0.29, 0.717) is 11.5 Å². The number of nitrogen functional groups attached to an aromatic ring is 1. The first-order chi connectivity index (χ1) is 8.45. The molecule has 1 aromatic rings. The highest BCUT2D eigenvalue weighted by atomic mass is 16.5. The van der Waals surface area contributed by atoms with Gasteiger partial charge in [0.15, 0.2) is 11.5 Å². The smallest absolute Gasteiger partial charge is 0.356 e. The first-order valence-electron chi connectivity index (χ1n) is 5.66. The van der Waals surface area contributed by atoms with Crippen LogP contribution in [0.4, 0.5) is 11.5 Å². The summed E-state index contributed by atoms with van der Waals surface area (Å²) >= 11 is 0. The number of ether oxygens (including phenoxy) is 1. The van der Waals surface area contributed by atoms with E-state index in [2.05, 4.69) is 14.6 Å². The minimum atomic E-state index is -0.461. The van der Waals surface area contributed by atoms with Crippen LogP contribution in [0.15, 0.2) is 12.1 Å². The molecule has 0 radical (unpaired) electrons. The third-order valence-corrected chi connectivity index (χ3v) is 2.54. The van der Waals surface area contributed by atoms with Crippen molar-refractivity contribution in [3.05, 3.63) is 17.8 Å². The Morgan fingerprint density at radius 3 is 2.56 bits per heavy atom. The number of nitrogens with zero attached hydrogens (tertiary/aromatic N) is 3. The second kappa shape index (κ2) is 6.20. The summed E-state index contributed by atoms with van der Waals surface area (Å²) in [6, 6.07) is 3.23. The topological polar surface area (TPSA) is 71.7 Å². The molecule has 18 heavy (non-hydrogen) atoms. The van der Waals surface area contributed by atoms with E-state index in [1.54, 1.807) is 12.1 Å². The number of carbonyl (C=O) groups excluding carboxylic acids is 1. The van der Waals surface area contributed by atoms with Crippen LogP contribution in [0.5, 0.6) is 0 Å². The average molecular weight is 252 g/mol. The molecule has 0 saturated carbocycles. The zero-order valence-electron chi connectivity index (χ0n) is 11.3. The van der Waals surface area contributed by atoms with E-state index in [1.807, 2.05) is 26.0 Å². The lowest BCUT2D eigenvalue weighted by atomic mass is 10.3. The van der Waals surface area contributed by atoms with Gasteiger partial charge in [0.1, 0.15) is 0 Å². The molecule has 0 aliphatic heterocycles. The molecule has 1 heterocycles. The Bertz CT molecular complexity index is 421. The van der Waals surface area contributed by atoms with Gasteiger partial charge in [-0.2, -0.15) is 0 Å². The molecule has 2 N–H and O–H groups in total. The fourth-order valence-electron chi connectivity index (χ4n) is 1.44. The van der Waals surface area contributed by atoms with Gasteiger partial charge in [0.05, 0.1) is 12.8 Å². The van der Waals surface area contributed by atoms with Crippen molar-refractivity contribution in [2.45, 2.75) is 0 Å². The number of methoxy groups -OCH3 is 1. The van der Waals surface area contributed by atoms with E-state index in [0.717, 1.165) is 13.1 Å². The van der Waals surface area contributed by atoms with Gasteiger partial charge < -0.3 is 20.3 Å². The van der Waals surface area contributed by atoms with Crippen LogP contribution in [0.3, 0.4) is 0 Å². The molecule has 100 valence electrons. The summed E-state index contributed by atoms with van der Waals surface area (Å²) in [6.07, 6.45) is 0. The van der Waals surface area contributed by atoms with Crippen LogP contribution in [0, 0.1) is 0 Å². The summed E-state index contributed by atoms with van der Waals surface area (Å²) in [5.41, 5.74) is 6.68. The van der Waals surface area contributed by atoms with Crippen LogP contribution >= 0.6 is 0 Å². The van der Waals surface area contributed by atoms with Crippen molar-refractivity contribution < 1.29 is 9.53 Å². The van der Waals surface area contributed by atoms with E-state index in [4.69, 9.17) is 5.73 Å². The quantitative estimate of drug-likeness (QED) is 0.767. The van der Waals surface area contributed by atoms with Gasteiger partial charge in [0.2, 0.25) is 0 Å². The Kier molecular flexibility index (Phi) is 4.91. The Hall–Kier alpha value is -1.82. The van der Waals surface area contributed by atoms with Gasteiger partial charge in [-0.25, -0.2) is 9.78 Å². The Morgan fingerprint density at radius 2 is 2.00 bits per heavy atom. The lowest BCUT2D eigenvalue weighted by molar-refractivity contribution is 0.0594. The second-order valence-corrected chi connectivity index (χ2v) is 4.33. The fraction of sp³-hybridized carbons (Fsp3) is 0.500. The van der Waals surface area contributed by atoms with E-state index >= 15 is 0 Å². The van der Waals surface area contributed by atoms with Crippen LogP contribution in [0.25, 0.3) is 0 Å². The minimum absolute atomic E-state index is 0.262. The summed E-state index contributed by atoms with van der Waals surface area (Å²) < 4.78 is 4.64. The average Bonchev–Trinajstić information content (AvgIpc) is 2.35. The molecule has 1 aromatic heterocycles. The zero-order valence-corrected chi connectivity index (χ0v) is 11.3. The standard InChI is InChI=1S/C12H20N4O2/c1-15(2)7-8-16(3)11-9(13)5-6-10(14-11)12(17)18-4/h5-6H,7-8,13H2,1-4H3. The fourth-order valence-corrected chi connectivity index (χ4v) is 1.44. The normalized spacial score (nSPS) is 10.5.